The monoisotopic (exact) mass is 335 g/mol. The highest BCUT2D eigenvalue weighted by Crippen LogP contribution is 2.18. The van der Waals surface area contributed by atoms with Crippen molar-refractivity contribution in [3.63, 3.8) is 0 Å². The fourth-order valence-corrected chi connectivity index (χ4v) is 3.10. The van der Waals surface area contributed by atoms with E-state index in [2.05, 4.69) is 5.32 Å². The number of likely N-dealkylation sites (N-methyl/N-ethyl adjacent to an activating group) is 1. The third-order valence-electron chi connectivity index (χ3n) is 3.58. The number of carbonyl (C=O) groups is 1. The first-order chi connectivity index (χ1) is 10.8. The predicted octanol–water partition coefficient (Wildman–Crippen LogP) is 1.19. The van der Waals surface area contributed by atoms with Gasteiger partial charge in [-0.1, -0.05) is 42.5 Å². The minimum Gasteiger partial charge on any atom is -0.351 e. The van der Waals surface area contributed by atoms with Gasteiger partial charge in [0, 0.05) is 27.7 Å². The molecule has 2 rings (SSSR count). The van der Waals surface area contributed by atoms with Crippen LogP contribution in [0.25, 0.3) is 10.8 Å². The van der Waals surface area contributed by atoms with Crippen molar-refractivity contribution in [1.29, 1.82) is 0 Å². The summed E-state index contributed by atoms with van der Waals surface area (Å²) in [6.45, 7) is 0.140. The van der Waals surface area contributed by atoms with Crippen LogP contribution in [0.1, 0.15) is 5.56 Å². The Bertz CT molecular complexity index is 798. The first-order valence-electron chi connectivity index (χ1n) is 7.19. The van der Waals surface area contributed by atoms with Gasteiger partial charge in [0.05, 0.1) is 6.54 Å². The van der Waals surface area contributed by atoms with Crippen LogP contribution in [-0.2, 0) is 21.5 Å². The topological polar surface area (TPSA) is 69.7 Å². The first-order valence-corrected chi connectivity index (χ1v) is 8.59. The third-order valence-corrected chi connectivity index (χ3v) is 5.42. The Labute approximate surface area is 136 Å². The van der Waals surface area contributed by atoms with E-state index < -0.39 is 10.2 Å². The summed E-state index contributed by atoms with van der Waals surface area (Å²) in [6, 6.07) is 13.8. The van der Waals surface area contributed by atoms with Crippen molar-refractivity contribution < 1.29 is 13.2 Å². The molecule has 0 saturated heterocycles. The van der Waals surface area contributed by atoms with E-state index in [1.807, 2.05) is 42.5 Å². The lowest BCUT2D eigenvalue weighted by Crippen LogP contribution is -2.43. The molecule has 0 aromatic heterocycles. The summed E-state index contributed by atoms with van der Waals surface area (Å²) in [5, 5.41) is 4.95. The average Bonchev–Trinajstić information content (AvgIpc) is 2.52. The average molecular weight is 335 g/mol. The maximum absolute atomic E-state index is 12.0. The van der Waals surface area contributed by atoms with Gasteiger partial charge in [-0.15, -0.1) is 0 Å². The zero-order valence-corrected chi connectivity index (χ0v) is 14.3. The number of nitrogens with zero attached hydrogens (tertiary/aromatic N) is 2. The second-order valence-corrected chi connectivity index (χ2v) is 7.71. The van der Waals surface area contributed by atoms with Crippen LogP contribution in [0.4, 0.5) is 0 Å². The van der Waals surface area contributed by atoms with Crippen molar-refractivity contribution in [2.45, 2.75) is 6.54 Å². The van der Waals surface area contributed by atoms with Crippen LogP contribution >= 0.6 is 0 Å². The highest BCUT2D eigenvalue weighted by atomic mass is 32.2. The molecular weight excluding hydrogens is 314 g/mol. The first kappa shape index (κ1) is 17.4. The van der Waals surface area contributed by atoms with Crippen LogP contribution in [0.5, 0.6) is 0 Å². The van der Waals surface area contributed by atoms with Gasteiger partial charge in [0.25, 0.3) is 10.2 Å². The van der Waals surface area contributed by atoms with E-state index in [9.17, 15) is 13.2 Å². The van der Waals surface area contributed by atoms with Gasteiger partial charge < -0.3 is 5.32 Å². The summed E-state index contributed by atoms with van der Waals surface area (Å²) in [5.74, 6) is -0.342. The van der Waals surface area contributed by atoms with Crippen LogP contribution in [0.2, 0.25) is 0 Å². The molecule has 1 N–H and O–H groups in total. The molecule has 2 aromatic carbocycles. The minimum atomic E-state index is -3.58. The zero-order valence-electron chi connectivity index (χ0n) is 13.5. The quantitative estimate of drug-likeness (QED) is 0.862. The fourth-order valence-electron chi connectivity index (χ4n) is 2.26. The molecule has 1 amide bonds. The van der Waals surface area contributed by atoms with Gasteiger partial charge in [-0.25, -0.2) is 0 Å². The summed E-state index contributed by atoms with van der Waals surface area (Å²) < 4.78 is 25.9. The summed E-state index contributed by atoms with van der Waals surface area (Å²) in [5.41, 5.74) is 0.995. The van der Waals surface area contributed by atoms with Crippen molar-refractivity contribution in [3.05, 3.63) is 48.0 Å². The number of hydrogen-bond acceptors (Lipinski definition) is 3. The molecule has 0 fully saturated rings. The Balaban J connectivity index is 2.02. The van der Waals surface area contributed by atoms with Crippen LogP contribution in [0.3, 0.4) is 0 Å². The molecule has 2 aromatic rings. The number of benzene rings is 2. The molecule has 0 aliphatic rings. The van der Waals surface area contributed by atoms with Gasteiger partial charge in [-0.3, -0.25) is 4.79 Å². The van der Waals surface area contributed by atoms with E-state index in [-0.39, 0.29) is 12.5 Å². The van der Waals surface area contributed by atoms with Gasteiger partial charge in [-0.05, 0) is 16.3 Å². The molecule has 124 valence electrons. The zero-order chi connectivity index (χ0) is 17.0. The van der Waals surface area contributed by atoms with Crippen LogP contribution < -0.4 is 5.32 Å². The molecule has 0 saturated carbocycles. The van der Waals surface area contributed by atoms with E-state index in [1.54, 1.807) is 0 Å². The SMILES string of the molecule is CN(C)S(=O)(=O)N(C)CC(=O)NCc1cccc2ccccc12. The molecule has 7 heteroatoms. The third kappa shape index (κ3) is 4.07. The van der Waals surface area contributed by atoms with Crippen LogP contribution in [0, 0.1) is 0 Å². The number of rotatable bonds is 6. The molecule has 23 heavy (non-hydrogen) atoms. The van der Waals surface area contributed by atoms with Gasteiger partial charge in [0.15, 0.2) is 0 Å². The maximum Gasteiger partial charge on any atom is 0.281 e. The van der Waals surface area contributed by atoms with E-state index >= 15 is 0 Å². The molecule has 0 aliphatic heterocycles. The molecule has 0 unspecified atom stereocenters. The van der Waals surface area contributed by atoms with E-state index in [0.717, 1.165) is 24.9 Å². The highest BCUT2D eigenvalue weighted by Gasteiger charge is 2.22. The maximum atomic E-state index is 12.0. The number of hydrogen-bond donors (Lipinski definition) is 1. The van der Waals surface area contributed by atoms with Crippen molar-refractivity contribution in [2.75, 3.05) is 27.7 Å². The fraction of sp³-hybridized carbons (Fsp3) is 0.312. The summed E-state index contributed by atoms with van der Waals surface area (Å²) in [7, 11) is 0.659. The highest BCUT2D eigenvalue weighted by molar-refractivity contribution is 7.86. The smallest absolute Gasteiger partial charge is 0.281 e. The second-order valence-electron chi connectivity index (χ2n) is 5.46. The Kier molecular flexibility index (Phi) is 5.35. The van der Waals surface area contributed by atoms with Crippen molar-refractivity contribution >= 4 is 26.9 Å². The van der Waals surface area contributed by atoms with E-state index in [4.69, 9.17) is 0 Å². The summed E-state index contributed by atoms with van der Waals surface area (Å²) in [6.07, 6.45) is 0. The van der Waals surface area contributed by atoms with Crippen LogP contribution in [0.15, 0.2) is 42.5 Å². The van der Waals surface area contributed by atoms with E-state index in [0.29, 0.717) is 6.54 Å². The van der Waals surface area contributed by atoms with E-state index in [1.165, 1.54) is 21.1 Å². The Hall–Kier alpha value is -1.96. The Morgan fingerprint density at radius 1 is 1.04 bits per heavy atom. The Morgan fingerprint density at radius 2 is 1.70 bits per heavy atom. The molecule has 0 aliphatic carbocycles. The molecule has 0 radical (unpaired) electrons. The minimum absolute atomic E-state index is 0.217. The van der Waals surface area contributed by atoms with Gasteiger partial charge >= 0.3 is 0 Å². The number of amides is 1. The Morgan fingerprint density at radius 3 is 2.39 bits per heavy atom. The number of fused-ring (bicyclic) bond motifs is 1. The van der Waals surface area contributed by atoms with Crippen LogP contribution in [-0.4, -0.2) is 50.6 Å². The molecule has 6 nitrogen and oxygen atoms in total. The standard InChI is InChI=1S/C16H21N3O3S/c1-18(2)23(21,22)19(3)12-16(20)17-11-14-9-6-8-13-7-4-5-10-15(13)14/h4-10H,11-12H2,1-3H3,(H,17,20). The molecular formula is C16H21N3O3S. The largest absolute Gasteiger partial charge is 0.351 e. The lowest BCUT2D eigenvalue weighted by Gasteiger charge is -2.20. The normalized spacial score (nSPS) is 12.0. The molecule has 0 spiro atoms. The van der Waals surface area contributed by atoms with Crippen molar-refractivity contribution in [1.82, 2.24) is 13.9 Å². The summed E-state index contributed by atoms with van der Waals surface area (Å²) >= 11 is 0. The predicted molar refractivity (Wildman–Crippen MR) is 91.0 cm³/mol. The second kappa shape index (κ2) is 7.08. The number of nitrogens with one attached hydrogen (secondary N) is 1. The lowest BCUT2D eigenvalue weighted by molar-refractivity contribution is -0.121. The van der Waals surface area contributed by atoms with Crippen molar-refractivity contribution in [2.24, 2.45) is 0 Å². The van der Waals surface area contributed by atoms with Gasteiger partial charge in [0.2, 0.25) is 5.91 Å². The molecule has 0 bridgehead atoms. The molecule has 0 heterocycles. The lowest BCUT2D eigenvalue weighted by atomic mass is 10.0. The van der Waals surface area contributed by atoms with Crippen molar-refractivity contribution in [3.8, 4) is 0 Å². The number of carbonyl (C=O) groups excluding carboxylic acids is 1. The van der Waals surface area contributed by atoms with Gasteiger partial charge in [0.1, 0.15) is 0 Å². The molecule has 0 atom stereocenters. The summed E-state index contributed by atoms with van der Waals surface area (Å²) in [4.78, 5) is 12.0. The van der Waals surface area contributed by atoms with Gasteiger partial charge in [-0.2, -0.15) is 17.0 Å².